The summed E-state index contributed by atoms with van der Waals surface area (Å²) in [5, 5.41) is 8.79. The van der Waals surface area contributed by atoms with Gasteiger partial charge in [-0.05, 0) is 30.7 Å². The molecule has 4 heteroatoms. The molecule has 0 saturated heterocycles. The highest BCUT2D eigenvalue weighted by atomic mass is 19.1. The molecule has 0 fully saturated rings. The van der Waals surface area contributed by atoms with Crippen LogP contribution in [0.1, 0.15) is 6.92 Å². The molecule has 0 spiro atoms. The largest absolute Gasteiger partial charge is 0.479 e. The lowest BCUT2D eigenvalue weighted by molar-refractivity contribution is -0.144. The van der Waals surface area contributed by atoms with Gasteiger partial charge in [-0.1, -0.05) is 30.3 Å². The molecule has 2 rings (SSSR count). The Morgan fingerprint density at radius 1 is 1.21 bits per heavy atom. The number of carboxylic acid groups (broad SMARTS) is 1. The molecule has 1 unspecified atom stereocenters. The molecule has 0 radical (unpaired) electrons. The summed E-state index contributed by atoms with van der Waals surface area (Å²) in [6.45, 7) is 1.44. The molecule has 0 saturated carbocycles. The van der Waals surface area contributed by atoms with Crippen LogP contribution in [0.2, 0.25) is 0 Å². The van der Waals surface area contributed by atoms with Gasteiger partial charge in [0.25, 0.3) is 0 Å². The number of halogens is 1. The molecule has 3 nitrogen and oxygen atoms in total. The van der Waals surface area contributed by atoms with Crippen LogP contribution in [-0.2, 0) is 4.79 Å². The van der Waals surface area contributed by atoms with Crippen molar-refractivity contribution in [2.24, 2.45) is 0 Å². The highest BCUT2D eigenvalue weighted by molar-refractivity contribution is 5.72. The van der Waals surface area contributed by atoms with Gasteiger partial charge in [0.2, 0.25) is 0 Å². The maximum Gasteiger partial charge on any atom is 0.344 e. The van der Waals surface area contributed by atoms with Crippen molar-refractivity contribution in [3.63, 3.8) is 0 Å². The molecule has 19 heavy (non-hydrogen) atoms. The Morgan fingerprint density at radius 2 is 1.95 bits per heavy atom. The summed E-state index contributed by atoms with van der Waals surface area (Å²) in [7, 11) is 0. The van der Waals surface area contributed by atoms with Crippen LogP contribution >= 0.6 is 0 Å². The first kappa shape index (κ1) is 13.1. The van der Waals surface area contributed by atoms with E-state index in [1.165, 1.54) is 13.0 Å². The molecule has 2 aromatic rings. The molecule has 0 bridgehead atoms. The van der Waals surface area contributed by atoms with E-state index in [2.05, 4.69) is 0 Å². The predicted octanol–water partition coefficient (Wildman–Crippen LogP) is 3.34. The van der Waals surface area contributed by atoms with E-state index in [-0.39, 0.29) is 5.82 Å². The fraction of sp³-hybridized carbons (Fsp3) is 0.133. The first-order valence-electron chi connectivity index (χ1n) is 5.82. The molecule has 0 aromatic heterocycles. The Balaban J connectivity index is 2.30. The van der Waals surface area contributed by atoms with E-state index in [0.29, 0.717) is 16.9 Å². The molecule has 0 aliphatic rings. The van der Waals surface area contributed by atoms with Gasteiger partial charge in [0.1, 0.15) is 11.6 Å². The maximum atomic E-state index is 13.7. The second kappa shape index (κ2) is 5.52. The smallest absolute Gasteiger partial charge is 0.344 e. The Morgan fingerprint density at radius 3 is 2.63 bits per heavy atom. The minimum Gasteiger partial charge on any atom is -0.479 e. The van der Waals surface area contributed by atoms with Gasteiger partial charge in [-0.25, -0.2) is 9.18 Å². The number of hydrogen-bond donors (Lipinski definition) is 1. The van der Waals surface area contributed by atoms with Gasteiger partial charge in [0.15, 0.2) is 6.10 Å². The summed E-state index contributed by atoms with van der Waals surface area (Å²) in [5.74, 6) is -0.974. The first-order valence-corrected chi connectivity index (χ1v) is 5.82. The fourth-order valence-corrected chi connectivity index (χ4v) is 1.69. The van der Waals surface area contributed by atoms with Crippen molar-refractivity contribution >= 4 is 5.97 Å². The molecule has 1 atom stereocenters. The third-order valence-electron chi connectivity index (χ3n) is 2.68. The van der Waals surface area contributed by atoms with E-state index in [1.54, 1.807) is 42.5 Å². The quantitative estimate of drug-likeness (QED) is 0.917. The third-order valence-corrected chi connectivity index (χ3v) is 2.68. The molecular weight excluding hydrogens is 247 g/mol. The second-order valence-corrected chi connectivity index (χ2v) is 4.11. The lowest BCUT2D eigenvalue weighted by Crippen LogP contribution is -2.22. The molecule has 98 valence electrons. The van der Waals surface area contributed by atoms with Crippen molar-refractivity contribution in [3.8, 4) is 16.9 Å². The van der Waals surface area contributed by atoms with Crippen LogP contribution in [0.25, 0.3) is 11.1 Å². The maximum absolute atomic E-state index is 13.7. The van der Waals surface area contributed by atoms with E-state index < -0.39 is 12.1 Å². The summed E-state index contributed by atoms with van der Waals surface area (Å²) in [4.78, 5) is 10.7. The lowest BCUT2D eigenvalue weighted by Gasteiger charge is -2.11. The van der Waals surface area contributed by atoms with Crippen LogP contribution in [0, 0.1) is 5.82 Å². The average molecular weight is 260 g/mol. The van der Waals surface area contributed by atoms with E-state index in [4.69, 9.17) is 9.84 Å². The van der Waals surface area contributed by atoms with E-state index >= 15 is 0 Å². The van der Waals surface area contributed by atoms with Crippen LogP contribution in [-0.4, -0.2) is 17.2 Å². The number of ether oxygens (including phenoxy) is 1. The molecule has 0 amide bonds. The summed E-state index contributed by atoms with van der Waals surface area (Å²) in [6.07, 6.45) is -0.948. The van der Waals surface area contributed by atoms with E-state index in [1.807, 2.05) is 0 Å². The summed E-state index contributed by atoms with van der Waals surface area (Å²) in [5.41, 5.74) is 1.10. The van der Waals surface area contributed by atoms with Gasteiger partial charge in [0, 0.05) is 5.56 Å². The van der Waals surface area contributed by atoms with Crippen LogP contribution < -0.4 is 4.74 Å². The standard InChI is InChI=1S/C15H13FO3/c1-10(15(17)18)19-12-6-4-5-11(9-12)13-7-2-3-8-14(13)16/h2-10H,1H3,(H,17,18). The van der Waals surface area contributed by atoms with Gasteiger partial charge >= 0.3 is 5.97 Å². The summed E-state index contributed by atoms with van der Waals surface area (Å²) in [6, 6.07) is 13.1. The van der Waals surface area contributed by atoms with Crippen LogP contribution in [0.5, 0.6) is 5.75 Å². The van der Waals surface area contributed by atoms with E-state index in [0.717, 1.165) is 0 Å². The van der Waals surface area contributed by atoms with Crippen molar-refractivity contribution in [2.75, 3.05) is 0 Å². The Labute approximate surface area is 110 Å². The second-order valence-electron chi connectivity index (χ2n) is 4.11. The Bertz CT molecular complexity index is 595. The predicted molar refractivity (Wildman–Crippen MR) is 69.6 cm³/mol. The molecule has 0 aliphatic carbocycles. The number of benzene rings is 2. The topological polar surface area (TPSA) is 46.5 Å². The minimum absolute atomic E-state index is 0.328. The van der Waals surface area contributed by atoms with Crippen molar-refractivity contribution in [3.05, 3.63) is 54.3 Å². The van der Waals surface area contributed by atoms with Crippen molar-refractivity contribution in [1.29, 1.82) is 0 Å². The monoisotopic (exact) mass is 260 g/mol. The molecule has 2 aromatic carbocycles. The zero-order valence-electron chi connectivity index (χ0n) is 10.3. The van der Waals surface area contributed by atoms with Gasteiger partial charge in [-0.3, -0.25) is 0 Å². The third kappa shape index (κ3) is 3.10. The molecule has 0 heterocycles. The number of carboxylic acids is 1. The highest BCUT2D eigenvalue weighted by Crippen LogP contribution is 2.26. The Kier molecular flexibility index (Phi) is 3.80. The molecule has 1 N–H and O–H groups in total. The van der Waals surface area contributed by atoms with Gasteiger partial charge < -0.3 is 9.84 Å². The summed E-state index contributed by atoms with van der Waals surface area (Å²) >= 11 is 0. The lowest BCUT2D eigenvalue weighted by atomic mass is 10.1. The van der Waals surface area contributed by atoms with Gasteiger partial charge in [-0.2, -0.15) is 0 Å². The van der Waals surface area contributed by atoms with Crippen LogP contribution in [0.4, 0.5) is 4.39 Å². The normalized spacial score (nSPS) is 11.9. The average Bonchev–Trinajstić information content (AvgIpc) is 2.39. The molecule has 0 aliphatic heterocycles. The minimum atomic E-state index is -1.05. The number of rotatable bonds is 4. The molecular formula is C15H13FO3. The zero-order valence-corrected chi connectivity index (χ0v) is 10.3. The number of aliphatic carboxylic acids is 1. The van der Waals surface area contributed by atoms with Gasteiger partial charge in [-0.15, -0.1) is 0 Å². The van der Waals surface area contributed by atoms with E-state index in [9.17, 15) is 9.18 Å². The highest BCUT2D eigenvalue weighted by Gasteiger charge is 2.13. The van der Waals surface area contributed by atoms with Crippen molar-refractivity contribution in [2.45, 2.75) is 13.0 Å². The number of carbonyl (C=O) groups is 1. The van der Waals surface area contributed by atoms with Crippen LogP contribution in [0.3, 0.4) is 0 Å². The Hall–Kier alpha value is -2.36. The van der Waals surface area contributed by atoms with Crippen LogP contribution in [0.15, 0.2) is 48.5 Å². The first-order chi connectivity index (χ1) is 9.08. The fourth-order valence-electron chi connectivity index (χ4n) is 1.69. The SMILES string of the molecule is CC(Oc1cccc(-c2ccccc2F)c1)C(=O)O. The van der Waals surface area contributed by atoms with Crippen molar-refractivity contribution in [1.82, 2.24) is 0 Å². The van der Waals surface area contributed by atoms with Crippen molar-refractivity contribution < 1.29 is 19.0 Å². The van der Waals surface area contributed by atoms with Gasteiger partial charge in [0.05, 0.1) is 0 Å². The summed E-state index contributed by atoms with van der Waals surface area (Å²) < 4.78 is 18.9. The number of hydrogen-bond acceptors (Lipinski definition) is 2. The zero-order chi connectivity index (χ0) is 13.8.